The molecule has 0 spiro atoms. The van der Waals surface area contributed by atoms with E-state index in [1.807, 2.05) is 12.1 Å². The molecule has 6 heteroatoms. The molecule has 0 aliphatic carbocycles. The van der Waals surface area contributed by atoms with E-state index in [1.54, 1.807) is 19.2 Å². The Morgan fingerprint density at radius 2 is 2.15 bits per heavy atom. The number of hydrogen-bond acceptors (Lipinski definition) is 4. The maximum atomic E-state index is 11.7. The standard InChI is InChI=1S/C14H18N2O4/c1-19-11-4-2-3-5-12(11)20-9-14(18)15-8-10-6-7-13(17)16-10/h2-5,10H,6-9H2,1H3,(H,15,18)(H,16,17). The zero-order chi connectivity index (χ0) is 14.4. The molecule has 1 heterocycles. The van der Waals surface area contributed by atoms with Gasteiger partial charge in [-0.05, 0) is 18.6 Å². The molecule has 0 radical (unpaired) electrons. The molecule has 2 N–H and O–H groups in total. The van der Waals surface area contributed by atoms with Crippen molar-refractivity contribution < 1.29 is 19.1 Å². The number of carbonyl (C=O) groups excluding carboxylic acids is 2. The van der Waals surface area contributed by atoms with Crippen molar-refractivity contribution in [1.29, 1.82) is 0 Å². The molecule has 2 amide bonds. The second kappa shape index (κ2) is 6.79. The van der Waals surface area contributed by atoms with Crippen molar-refractivity contribution in [3.05, 3.63) is 24.3 Å². The third kappa shape index (κ3) is 3.88. The van der Waals surface area contributed by atoms with Crippen LogP contribution in [-0.4, -0.2) is 38.1 Å². The van der Waals surface area contributed by atoms with E-state index >= 15 is 0 Å². The number of amides is 2. The number of methoxy groups -OCH3 is 1. The highest BCUT2D eigenvalue weighted by atomic mass is 16.5. The highest BCUT2D eigenvalue weighted by Gasteiger charge is 2.20. The summed E-state index contributed by atoms with van der Waals surface area (Å²) >= 11 is 0. The van der Waals surface area contributed by atoms with Gasteiger partial charge in [-0.2, -0.15) is 0 Å². The molecule has 1 aromatic rings. The van der Waals surface area contributed by atoms with Crippen molar-refractivity contribution in [2.24, 2.45) is 0 Å². The van der Waals surface area contributed by atoms with Crippen LogP contribution in [-0.2, 0) is 9.59 Å². The zero-order valence-corrected chi connectivity index (χ0v) is 11.3. The molecule has 1 aliphatic rings. The highest BCUT2D eigenvalue weighted by molar-refractivity contribution is 5.79. The van der Waals surface area contributed by atoms with Gasteiger partial charge in [-0.1, -0.05) is 12.1 Å². The first-order chi connectivity index (χ1) is 9.69. The molecule has 1 atom stereocenters. The summed E-state index contributed by atoms with van der Waals surface area (Å²) in [4.78, 5) is 22.7. The van der Waals surface area contributed by atoms with E-state index in [1.165, 1.54) is 0 Å². The van der Waals surface area contributed by atoms with Gasteiger partial charge in [-0.3, -0.25) is 9.59 Å². The van der Waals surface area contributed by atoms with Gasteiger partial charge in [-0.25, -0.2) is 0 Å². The Labute approximate surface area is 117 Å². The summed E-state index contributed by atoms with van der Waals surface area (Å²) in [5, 5.41) is 5.52. The normalized spacial score (nSPS) is 17.4. The summed E-state index contributed by atoms with van der Waals surface area (Å²) in [5.74, 6) is 0.925. The van der Waals surface area contributed by atoms with E-state index in [2.05, 4.69) is 10.6 Å². The molecular formula is C14H18N2O4. The molecule has 6 nitrogen and oxygen atoms in total. The number of carbonyl (C=O) groups is 2. The van der Waals surface area contributed by atoms with Crippen LogP contribution in [0.1, 0.15) is 12.8 Å². The average molecular weight is 278 g/mol. The van der Waals surface area contributed by atoms with Gasteiger partial charge in [0.1, 0.15) is 0 Å². The van der Waals surface area contributed by atoms with E-state index < -0.39 is 0 Å². The van der Waals surface area contributed by atoms with Gasteiger partial charge in [0.05, 0.1) is 7.11 Å². The monoisotopic (exact) mass is 278 g/mol. The lowest BCUT2D eigenvalue weighted by molar-refractivity contribution is -0.123. The molecule has 0 bridgehead atoms. The minimum Gasteiger partial charge on any atom is -0.493 e. The number of rotatable bonds is 6. The third-order valence-electron chi connectivity index (χ3n) is 3.06. The predicted octanol–water partition coefficient (Wildman–Crippen LogP) is 0.469. The van der Waals surface area contributed by atoms with Gasteiger partial charge in [0.25, 0.3) is 5.91 Å². The molecule has 20 heavy (non-hydrogen) atoms. The van der Waals surface area contributed by atoms with Crippen molar-refractivity contribution in [2.75, 3.05) is 20.3 Å². The predicted molar refractivity (Wildman–Crippen MR) is 72.7 cm³/mol. The Morgan fingerprint density at radius 3 is 2.80 bits per heavy atom. The Hall–Kier alpha value is -2.24. The first kappa shape index (κ1) is 14.2. The number of benzene rings is 1. The van der Waals surface area contributed by atoms with Crippen LogP contribution in [0, 0.1) is 0 Å². The minimum atomic E-state index is -0.225. The van der Waals surface area contributed by atoms with Crippen LogP contribution < -0.4 is 20.1 Å². The summed E-state index contributed by atoms with van der Waals surface area (Å²) in [6.45, 7) is 0.348. The number of para-hydroxylation sites is 2. The molecule has 1 unspecified atom stereocenters. The Bertz CT molecular complexity index is 490. The van der Waals surface area contributed by atoms with Crippen LogP contribution in [0.15, 0.2) is 24.3 Å². The average Bonchev–Trinajstić information content (AvgIpc) is 2.89. The van der Waals surface area contributed by atoms with E-state index in [0.29, 0.717) is 24.5 Å². The molecular weight excluding hydrogens is 260 g/mol. The van der Waals surface area contributed by atoms with Gasteiger partial charge in [0.2, 0.25) is 5.91 Å². The van der Waals surface area contributed by atoms with Crippen LogP contribution in [0.4, 0.5) is 0 Å². The lowest BCUT2D eigenvalue weighted by Crippen LogP contribution is -2.40. The van der Waals surface area contributed by atoms with E-state index in [0.717, 1.165) is 6.42 Å². The van der Waals surface area contributed by atoms with Gasteiger partial charge >= 0.3 is 0 Å². The smallest absolute Gasteiger partial charge is 0.258 e. The largest absolute Gasteiger partial charge is 0.493 e. The van der Waals surface area contributed by atoms with Crippen molar-refractivity contribution in [3.8, 4) is 11.5 Å². The minimum absolute atomic E-state index is 0.0257. The van der Waals surface area contributed by atoms with Gasteiger partial charge in [0.15, 0.2) is 18.1 Å². The summed E-state index contributed by atoms with van der Waals surface area (Å²) < 4.78 is 10.5. The molecule has 0 saturated carbocycles. The molecule has 1 saturated heterocycles. The molecule has 1 aromatic carbocycles. The quantitative estimate of drug-likeness (QED) is 0.793. The Kier molecular flexibility index (Phi) is 4.81. The first-order valence-corrected chi connectivity index (χ1v) is 6.51. The maximum Gasteiger partial charge on any atom is 0.258 e. The van der Waals surface area contributed by atoms with Crippen molar-refractivity contribution in [3.63, 3.8) is 0 Å². The molecule has 1 aliphatic heterocycles. The fourth-order valence-electron chi connectivity index (χ4n) is 2.00. The van der Waals surface area contributed by atoms with Crippen LogP contribution in [0.2, 0.25) is 0 Å². The summed E-state index contributed by atoms with van der Waals surface area (Å²) in [7, 11) is 1.55. The fourth-order valence-corrected chi connectivity index (χ4v) is 2.00. The van der Waals surface area contributed by atoms with Gasteiger partial charge < -0.3 is 20.1 Å². The van der Waals surface area contributed by atoms with Gasteiger partial charge in [0, 0.05) is 19.0 Å². The number of hydrogen-bond donors (Lipinski definition) is 2. The summed E-state index contributed by atoms with van der Waals surface area (Å²) in [6, 6.07) is 7.17. The van der Waals surface area contributed by atoms with Gasteiger partial charge in [-0.15, -0.1) is 0 Å². The third-order valence-corrected chi connectivity index (χ3v) is 3.06. The highest BCUT2D eigenvalue weighted by Crippen LogP contribution is 2.25. The van der Waals surface area contributed by atoms with Crippen molar-refractivity contribution >= 4 is 11.8 Å². The van der Waals surface area contributed by atoms with Crippen LogP contribution in [0.3, 0.4) is 0 Å². The SMILES string of the molecule is COc1ccccc1OCC(=O)NCC1CCC(=O)N1. The van der Waals surface area contributed by atoms with E-state index in [9.17, 15) is 9.59 Å². The second-order valence-electron chi connectivity index (χ2n) is 4.55. The lowest BCUT2D eigenvalue weighted by Gasteiger charge is -2.13. The second-order valence-corrected chi connectivity index (χ2v) is 4.55. The number of ether oxygens (including phenoxy) is 2. The maximum absolute atomic E-state index is 11.7. The molecule has 0 aromatic heterocycles. The van der Waals surface area contributed by atoms with Crippen LogP contribution in [0.25, 0.3) is 0 Å². The molecule has 1 fully saturated rings. The van der Waals surface area contributed by atoms with Crippen LogP contribution >= 0.6 is 0 Å². The Balaban J connectivity index is 1.73. The van der Waals surface area contributed by atoms with Crippen molar-refractivity contribution in [1.82, 2.24) is 10.6 Å². The topological polar surface area (TPSA) is 76.7 Å². The number of nitrogens with one attached hydrogen (secondary N) is 2. The fraction of sp³-hybridized carbons (Fsp3) is 0.429. The lowest BCUT2D eigenvalue weighted by atomic mass is 10.2. The van der Waals surface area contributed by atoms with E-state index in [-0.39, 0.29) is 24.5 Å². The molecule has 108 valence electrons. The van der Waals surface area contributed by atoms with Crippen LogP contribution in [0.5, 0.6) is 11.5 Å². The molecule has 2 rings (SSSR count). The summed E-state index contributed by atoms with van der Waals surface area (Å²) in [6.07, 6.45) is 1.28. The van der Waals surface area contributed by atoms with E-state index in [4.69, 9.17) is 9.47 Å². The Morgan fingerprint density at radius 1 is 1.40 bits per heavy atom. The first-order valence-electron chi connectivity index (χ1n) is 6.51. The summed E-state index contributed by atoms with van der Waals surface area (Å²) in [5.41, 5.74) is 0. The zero-order valence-electron chi connectivity index (χ0n) is 11.3. The van der Waals surface area contributed by atoms with Crippen molar-refractivity contribution in [2.45, 2.75) is 18.9 Å².